The Morgan fingerprint density at radius 3 is 2.65 bits per heavy atom. The topological polar surface area (TPSA) is 102 Å². The number of rotatable bonds is 11. The number of anilines is 3. The molecule has 37 heavy (non-hydrogen) atoms. The van der Waals surface area contributed by atoms with Crippen LogP contribution in [-0.2, 0) is 4.79 Å². The first-order valence-electron chi connectivity index (χ1n) is 13.7. The first-order valence-corrected chi connectivity index (χ1v) is 13.7. The maximum Gasteiger partial charge on any atom is 0.253 e. The summed E-state index contributed by atoms with van der Waals surface area (Å²) in [5, 5.41) is 9.80. The Labute approximate surface area is 219 Å². The SMILES string of the molecule is CN(C)[C@@H]1CCN(C(=O)c2cccc(Nc3ncc(C4CC4)c(NCCCNC(=O)C4CCC4)n3)c2)C1. The number of carbonyl (C=O) groups is 2. The predicted molar refractivity (Wildman–Crippen MR) is 145 cm³/mol. The van der Waals surface area contributed by atoms with Gasteiger partial charge in [0.1, 0.15) is 5.82 Å². The molecule has 5 rings (SSSR count). The number of hydrogen-bond acceptors (Lipinski definition) is 7. The third-order valence-corrected chi connectivity index (χ3v) is 7.80. The number of benzene rings is 1. The second-order valence-electron chi connectivity index (χ2n) is 10.8. The smallest absolute Gasteiger partial charge is 0.253 e. The molecule has 0 radical (unpaired) electrons. The number of nitrogens with zero attached hydrogens (tertiary/aromatic N) is 4. The van der Waals surface area contributed by atoms with Crippen molar-refractivity contribution in [3.05, 3.63) is 41.6 Å². The van der Waals surface area contributed by atoms with Crippen LogP contribution in [-0.4, -0.2) is 77.9 Å². The van der Waals surface area contributed by atoms with Gasteiger partial charge in [-0.15, -0.1) is 0 Å². The lowest BCUT2D eigenvalue weighted by Gasteiger charge is -2.24. The largest absolute Gasteiger partial charge is 0.370 e. The van der Waals surface area contributed by atoms with Gasteiger partial charge in [0.15, 0.2) is 0 Å². The van der Waals surface area contributed by atoms with Crippen LogP contribution in [0, 0.1) is 5.92 Å². The Balaban J connectivity index is 1.18. The maximum absolute atomic E-state index is 13.1. The summed E-state index contributed by atoms with van der Waals surface area (Å²) in [5.74, 6) is 2.35. The molecule has 2 aromatic rings. The van der Waals surface area contributed by atoms with Crippen molar-refractivity contribution in [2.24, 2.45) is 5.92 Å². The molecule has 2 heterocycles. The van der Waals surface area contributed by atoms with Crippen LogP contribution >= 0.6 is 0 Å². The average molecular weight is 506 g/mol. The molecule has 1 aromatic carbocycles. The molecule has 0 unspecified atom stereocenters. The van der Waals surface area contributed by atoms with Gasteiger partial charge in [-0.05, 0) is 76.7 Å². The van der Waals surface area contributed by atoms with E-state index in [1.807, 2.05) is 35.4 Å². The molecule has 9 nitrogen and oxygen atoms in total. The number of hydrogen-bond donors (Lipinski definition) is 3. The molecular weight excluding hydrogens is 466 g/mol. The second-order valence-corrected chi connectivity index (χ2v) is 10.8. The fourth-order valence-electron chi connectivity index (χ4n) is 5.00. The van der Waals surface area contributed by atoms with Gasteiger partial charge < -0.3 is 25.8 Å². The summed E-state index contributed by atoms with van der Waals surface area (Å²) < 4.78 is 0. The van der Waals surface area contributed by atoms with Crippen molar-refractivity contribution >= 4 is 29.3 Å². The van der Waals surface area contributed by atoms with E-state index < -0.39 is 0 Å². The van der Waals surface area contributed by atoms with E-state index in [-0.39, 0.29) is 17.7 Å². The molecule has 0 spiro atoms. The summed E-state index contributed by atoms with van der Waals surface area (Å²) in [7, 11) is 4.13. The second kappa shape index (κ2) is 11.5. The quantitative estimate of drug-likeness (QED) is 0.401. The molecule has 1 aromatic heterocycles. The number of aromatic nitrogens is 2. The van der Waals surface area contributed by atoms with E-state index in [1.54, 1.807) is 0 Å². The number of likely N-dealkylation sites (N-methyl/N-ethyl adjacent to an activating group) is 1. The van der Waals surface area contributed by atoms with Crippen molar-refractivity contribution in [1.29, 1.82) is 0 Å². The van der Waals surface area contributed by atoms with Gasteiger partial charge in [0, 0.05) is 61.1 Å². The molecule has 3 aliphatic rings. The average Bonchev–Trinajstić information content (AvgIpc) is 3.57. The van der Waals surface area contributed by atoms with Crippen LogP contribution in [0.15, 0.2) is 30.5 Å². The van der Waals surface area contributed by atoms with Crippen LogP contribution in [0.2, 0.25) is 0 Å². The first-order chi connectivity index (χ1) is 18.0. The highest BCUT2D eigenvalue weighted by atomic mass is 16.2. The van der Waals surface area contributed by atoms with E-state index in [4.69, 9.17) is 4.98 Å². The highest BCUT2D eigenvalue weighted by molar-refractivity contribution is 5.95. The molecule has 2 aliphatic carbocycles. The number of carbonyl (C=O) groups excluding carboxylic acids is 2. The minimum atomic E-state index is 0.0600. The molecule has 198 valence electrons. The molecule has 3 fully saturated rings. The standard InChI is InChI=1S/C28H39N7O2/c1-34(2)23-12-15-35(18-23)27(37)21-8-4-9-22(16-21)32-28-31-17-24(19-10-11-19)25(33-28)29-13-5-14-30-26(36)20-6-3-7-20/h4,8-9,16-17,19-20,23H,3,5-7,10-15,18H2,1-2H3,(H,30,36)(H2,29,31,32,33)/t23-/m1/s1. The van der Waals surface area contributed by atoms with E-state index in [1.165, 1.54) is 6.42 Å². The van der Waals surface area contributed by atoms with Gasteiger partial charge in [-0.2, -0.15) is 4.98 Å². The lowest BCUT2D eigenvalue weighted by molar-refractivity contribution is -0.127. The summed E-state index contributed by atoms with van der Waals surface area (Å²) in [6.07, 6.45) is 9.30. The van der Waals surface area contributed by atoms with Gasteiger partial charge in [0.05, 0.1) is 0 Å². The fourth-order valence-corrected chi connectivity index (χ4v) is 5.00. The van der Waals surface area contributed by atoms with Gasteiger partial charge in [-0.1, -0.05) is 12.5 Å². The molecule has 9 heteroatoms. The van der Waals surface area contributed by atoms with E-state index in [2.05, 4.69) is 39.9 Å². The minimum Gasteiger partial charge on any atom is -0.370 e. The van der Waals surface area contributed by atoms with E-state index in [0.29, 0.717) is 30.0 Å². The molecule has 1 aliphatic heterocycles. The van der Waals surface area contributed by atoms with Crippen LogP contribution in [0.25, 0.3) is 0 Å². The van der Waals surface area contributed by atoms with Gasteiger partial charge in [-0.25, -0.2) is 4.98 Å². The summed E-state index contributed by atoms with van der Waals surface area (Å²) in [5.41, 5.74) is 2.61. The first kappa shape index (κ1) is 25.4. The lowest BCUT2D eigenvalue weighted by Crippen LogP contribution is -2.35. The number of likely N-dealkylation sites (tertiary alicyclic amines) is 1. The molecule has 1 saturated heterocycles. The van der Waals surface area contributed by atoms with Gasteiger partial charge in [0.2, 0.25) is 11.9 Å². The Morgan fingerprint density at radius 2 is 1.95 bits per heavy atom. The van der Waals surface area contributed by atoms with E-state index in [9.17, 15) is 9.59 Å². The van der Waals surface area contributed by atoms with Gasteiger partial charge in [-0.3, -0.25) is 9.59 Å². The van der Waals surface area contributed by atoms with E-state index >= 15 is 0 Å². The zero-order valence-corrected chi connectivity index (χ0v) is 22.0. The lowest BCUT2D eigenvalue weighted by atomic mass is 9.85. The Morgan fingerprint density at radius 1 is 1.11 bits per heavy atom. The molecule has 1 atom stereocenters. The van der Waals surface area contributed by atoms with Crippen LogP contribution in [0.1, 0.15) is 66.8 Å². The van der Waals surface area contributed by atoms with Gasteiger partial charge in [0.25, 0.3) is 5.91 Å². The van der Waals surface area contributed by atoms with Crippen LogP contribution < -0.4 is 16.0 Å². The van der Waals surface area contributed by atoms with E-state index in [0.717, 1.165) is 75.2 Å². The zero-order chi connectivity index (χ0) is 25.8. The zero-order valence-electron chi connectivity index (χ0n) is 22.0. The monoisotopic (exact) mass is 505 g/mol. The highest BCUT2D eigenvalue weighted by Crippen LogP contribution is 2.42. The Hall–Kier alpha value is -3.20. The van der Waals surface area contributed by atoms with Crippen molar-refractivity contribution in [3.63, 3.8) is 0 Å². The van der Waals surface area contributed by atoms with Crippen LogP contribution in [0.3, 0.4) is 0 Å². The van der Waals surface area contributed by atoms with Crippen molar-refractivity contribution in [2.45, 2.75) is 56.9 Å². The maximum atomic E-state index is 13.1. The summed E-state index contributed by atoms with van der Waals surface area (Å²) in [6.45, 7) is 2.94. The molecule has 0 bridgehead atoms. The molecule has 2 amide bonds. The molecule has 2 saturated carbocycles. The number of nitrogens with one attached hydrogen (secondary N) is 3. The summed E-state index contributed by atoms with van der Waals surface area (Å²) in [4.78, 5) is 38.6. The fraction of sp³-hybridized carbons (Fsp3) is 0.571. The molecular formula is C28H39N7O2. The summed E-state index contributed by atoms with van der Waals surface area (Å²) in [6, 6.07) is 7.98. The van der Waals surface area contributed by atoms with Crippen molar-refractivity contribution in [2.75, 3.05) is 50.9 Å². The third-order valence-electron chi connectivity index (χ3n) is 7.80. The van der Waals surface area contributed by atoms with Gasteiger partial charge >= 0.3 is 0 Å². The predicted octanol–water partition coefficient (Wildman–Crippen LogP) is 3.59. The third kappa shape index (κ3) is 6.39. The van der Waals surface area contributed by atoms with Crippen molar-refractivity contribution in [3.8, 4) is 0 Å². The minimum absolute atomic E-state index is 0.0600. The highest BCUT2D eigenvalue weighted by Gasteiger charge is 2.29. The van der Waals surface area contributed by atoms with Crippen LogP contribution in [0.5, 0.6) is 0 Å². The number of amides is 2. The van der Waals surface area contributed by atoms with Crippen molar-refractivity contribution < 1.29 is 9.59 Å². The molecule has 3 N–H and O–H groups in total. The van der Waals surface area contributed by atoms with Crippen molar-refractivity contribution in [1.82, 2.24) is 25.1 Å². The Bertz CT molecular complexity index is 1110. The normalized spacial score (nSPS) is 19.5. The summed E-state index contributed by atoms with van der Waals surface area (Å²) >= 11 is 0. The Kier molecular flexibility index (Phi) is 7.88. The van der Waals surface area contributed by atoms with Crippen LogP contribution in [0.4, 0.5) is 17.5 Å².